The number of rotatable bonds is 4. The highest BCUT2D eigenvalue weighted by Crippen LogP contribution is 2.62. The third-order valence-electron chi connectivity index (χ3n) is 14.4. The summed E-state index contributed by atoms with van der Waals surface area (Å²) in [5, 5.41) is 11.4. The van der Waals surface area contributed by atoms with Gasteiger partial charge < -0.3 is 60.7 Å². The number of anilines is 4. The summed E-state index contributed by atoms with van der Waals surface area (Å²) in [6.45, 7) is -19.6. The molecule has 4 bridgehead atoms. The van der Waals surface area contributed by atoms with E-state index in [0.717, 1.165) is 32.9 Å². The van der Waals surface area contributed by atoms with Crippen molar-refractivity contribution in [3.63, 3.8) is 0 Å². The largest absolute Gasteiger partial charge is 0.397 e. The number of aromatic nitrogens is 16. The number of thioether (sulfide) groups is 2. The third-order valence-corrected chi connectivity index (χ3v) is 23.7. The predicted molar refractivity (Wildman–Crippen MR) is 322 cm³/mol. The zero-order chi connectivity index (χ0) is 63.7. The lowest BCUT2D eigenvalue weighted by molar-refractivity contribution is -0.0493. The monoisotopic (exact) mass is 1450 g/mol. The van der Waals surface area contributed by atoms with Gasteiger partial charge in [0.05, 0.1) is 61.0 Å². The van der Waals surface area contributed by atoms with Crippen molar-refractivity contribution in [1.29, 1.82) is 0 Å². The van der Waals surface area contributed by atoms with Gasteiger partial charge in [0.2, 0.25) is 11.9 Å². The lowest BCUT2D eigenvalue weighted by atomic mass is 10.1. The van der Waals surface area contributed by atoms with Crippen LogP contribution < -0.4 is 34.1 Å². The molecule has 8 aromatic heterocycles. The molecule has 0 radical (unpaired) electrons. The Morgan fingerprint density at radius 1 is 0.567 bits per heavy atom. The Morgan fingerprint density at radius 3 is 1.41 bits per heavy atom. The lowest BCUT2D eigenvalue weighted by Crippen LogP contribution is -2.34. The molecule has 6 aliphatic rings. The van der Waals surface area contributed by atoms with Crippen molar-refractivity contribution in [2.24, 2.45) is 0 Å². The van der Waals surface area contributed by atoms with Gasteiger partial charge in [0.25, 0.3) is 11.1 Å². The second-order valence-electron chi connectivity index (χ2n) is 20.1. The standard InChI is InChI=1S/2C20H22F2N10O8P2S3/c2*21-9-8-4-37-42(35,44)39-13-7(38-18(10(13)22)32-15-11(29-30-32)6(23)1-2-25-15)3-36-41(34,43)40-14(9)19(45-8)31-5-26-12-16(31)27-20(24)28-17(12)33/h2*1-2,5,7-10,13-14,18-19H,3-4H2,(H2,23,25)(H,34,43)(H,35,44)(H3,24,27,28,33)/t2*7-,8-,9+,10+,13-,14-,18-,19-,41?,42?/m11/s1. The molecule has 0 spiro atoms. The summed E-state index contributed by atoms with van der Waals surface area (Å²) in [4.78, 5) is 86.8. The topological polar surface area (TPSA) is 488 Å². The summed E-state index contributed by atoms with van der Waals surface area (Å²) < 4.78 is 138. The number of pyridine rings is 2. The first-order valence-corrected chi connectivity index (χ1v) is 38.2. The molecule has 6 fully saturated rings. The van der Waals surface area contributed by atoms with E-state index in [2.05, 4.69) is 72.7 Å². The van der Waals surface area contributed by atoms with Gasteiger partial charge in [-0.05, 0) is 47.6 Å². The molecule has 14 heterocycles. The van der Waals surface area contributed by atoms with Crippen LogP contribution in [0.25, 0.3) is 44.7 Å². The van der Waals surface area contributed by atoms with E-state index in [9.17, 15) is 28.8 Å². The van der Waals surface area contributed by atoms with Crippen molar-refractivity contribution in [2.45, 2.75) is 95.0 Å². The van der Waals surface area contributed by atoms with Crippen molar-refractivity contribution in [3.05, 3.63) is 57.9 Å². The van der Waals surface area contributed by atoms with Gasteiger partial charge in [0, 0.05) is 12.4 Å². The SMILES string of the molecule is Nc1nc2c(ncn2[C@@H]2S[C@@H]3COP(O)(=S)O[C@H]4[C@H](F)[C@H](n5nnc6c(N)ccnc65)O[C@@H]4COP(=O)(S)O[C@@H]2[C@H]3F)c(=O)[nH]1.Nc1nc2c(ncn2[C@@H]2S[C@@H]3COP(O)(=S)O[C@H]4[C@H](F)[C@H](n5nnc6c(N)ccnc65)O[C@@H]4COP(O)(=S)O[C@@H]2[C@H]3F)c(=O)[nH]1. The molecule has 484 valence electrons. The number of hydrogen-bond donors (Lipinski definition) is 10. The van der Waals surface area contributed by atoms with Gasteiger partial charge >= 0.3 is 27.0 Å². The first-order valence-electron chi connectivity index (χ1n) is 25.8. The lowest BCUT2D eigenvalue weighted by Gasteiger charge is -2.27. The van der Waals surface area contributed by atoms with E-state index >= 15 is 17.6 Å². The number of ether oxygens (including phenoxy) is 2. The summed E-state index contributed by atoms with van der Waals surface area (Å²) in [6, 6.07) is 2.97. The molecule has 13 N–H and O–H groups in total. The molecule has 0 amide bonds. The van der Waals surface area contributed by atoms with Crippen molar-refractivity contribution < 1.29 is 82.5 Å². The molecule has 50 heteroatoms. The van der Waals surface area contributed by atoms with Crippen LogP contribution in [0.5, 0.6) is 0 Å². The van der Waals surface area contributed by atoms with Gasteiger partial charge in [0.1, 0.15) is 59.7 Å². The van der Waals surface area contributed by atoms with E-state index in [1.165, 1.54) is 46.3 Å². The molecule has 90 heavy (non-hydrogen) atoms. The van der Waals surface area contributed by atoms with E-state index in [-0.39, 0.29) is 67.9 Å². The summed E-state index contributed by atoms with van der Waals surface area (Å²) >= 11 is 21.4. The van der Waals surface area contributed by atoms with Crippen LogP contribution >= 0.6 is 62.7 Å². The first-order chi connectivity index (χ1) is 42.6. The molecule has 36 nitrogen and oxygen atoms in total. The quantitative estimate of drug-likeness (QED) is 0.0684. The van der Waals surface area contributed by atoms with Gasteiger partial charge in [-0.25, -0.2) is 42.1 Å². The van der Waals surface area contributed by atoms with Crippen LogP contribution in [0.1, 0.15) is 23.2 Å². The fraction of sp³-hybridized carbons (Fsp3) is 0.500. The Bertz CT molecular complexity index is 4180. The maximum absolute atomic E-state index is 16.0. The number of aromatic amines is 2. The van der Waals surface area contributed by atoms with Crippen LogP contribution in [0.15, 0.2) is 46.8 Å². The van der Waals surface area contributed by atoms with Crippen LogP contribution in [0, 0.1) is 0 Å². The summed E-state index contributed by atoms with van der Waals surface area (Å²) in [5.74, 6) is -0.431. The number of nitrogen functional groups attached to an aromatic ring is 4. The number of nitrogens with two attached hydrogens (primary N) is 4. The van der Waals surface area contributed by atoms with Crippen LogP contribution in [-0.4, -0.2) is 192 Å². The fourth-order valence-corrected chi connectivity index (χ4v) is 19.4. The Balaban J connectivity index is 0.000000165. The molecule has 0 aliphatic carbocycles. The summed E-state index contributed by atoms with van der Waals surface area (Å²) in [5.41, 5.74) is 22.9. The van der Waals surface area contributed by atoms with Gasteiger partial charge in [-0.1, -0.05) is 22.7 Å². The van der Waals surface area contributed by atoms with E-state index in [0.29, 0.717) is 0 Å². The normalized spacial score (nSPS) is 37.7. The van der Waals surface area contributed by atoms with Crippen molar-refractivity contribution >= 4 is 166 Å². The molecular weight excluding hydrogens is 1410 g/mol. The second-order valence-corrected chi connectivity index (χ2v) is 34.1. The molecule has 14 rings (SSSR count). The zero-order valence-electron chi connectivity index (χ0n) is 44.5. The van der Waals surface area contributed by atoms with E-state index in [4.69, 9.17) is 104 Å². The Labute approximate surface area is 526 Å². The summed E-state index contributed by atoms with van der Waals surface area (Å²) in [6.07, 6.45) is -14.8. The number of thiol groups is 1. The van der Waals surface area contributed by atoms with Crippen molar-refractivity contribution in [2.75, 3.05) is 49.4 Å². The second kappa shape index (κ2) is 24.3. The van der Waals surface area contributed by atoms with E-state index in [1.54, 1.807) is 0 Å². The van der Waals surface area contributed by atoms with E-state index in [1.807, 2.05) is 0 Å². The van der Waals surface area contributed by atoms with Gasteiger partial charge in [-0.15, -0.1) is 33.7 Å². The predicted octanol–water partition coefficient (Wildman–Crippen LogP) is 1.95. The van der Waals surface area contributed by atoms with Gasteiger partial charge in [0.15, 0.2) is 69.5 Å². The number of fused-ring (bicyclic) bond motifs is 10. The Morgan fingerprint density at radius 2 is 0.967 bits per heavy atom. The Hall–Kier alpha value is -4.57. The summed E-state index contributed by atoms with van der Waals surface area (Å²) in [7, 11) is 0. The van der Waals surface area contributed by atoms with Crippen LogP contribution in [-0.2, 0) is 85.6 Å². The maximum Gasteiger partial charge on any atom is 0.386 e. The minimum absolute atomic E-state index is 0.00173. The van der Waals surface area contributed by atoms with Gasteiger partial charge in [-0.2, -0.15) is 19.3 Å². The number of imidazole rings is 2. The molecule has 0 saturated carbocycles. The highest BCUT2D eigenvalue weighted by molar-refractivity contribution is 8.44. The third kappa shape index (κ3) is 12.2. The molecule has 6 aliphatic heterocycles. The smallest absolute Gasteiger partial charge is 0.386 e. The average Bonchev–Trinajstić information content (AvgIpc) is 1.81. The number of alkyl halides is 4. The zero-order valence-corrected chi connectivity index (χ0v) is 53.1. The molecule has 20 atom stereocenters. The highest BCUT2D eigenvalue weighted by Gasteiger charge is 2.56. The van der Waals surface area contributed by atoms with E-state index < -0.39 is 160 Å². The minimum atomic E-state index is -4.43. The maximum atomic E-state index is 16.0. The van der Waals surface area contributed by atoms with Gasteiger partial charge in [-0.3, -0.25) is 51.3 Å². The number of halogens is 4. The molecule has 0 aromatic carbocycles. The van der Waals surface area contributed by atoms with Crippen molar-refractivity contribution in [3.8, 4) is 0 Å². The van der Waals surface area contributed by atoms with Crippen LogP contribution in [0.3, 0.4) is 0 Å². The van der Waals surface area contributed by atoms with Crippen molar-refractivity contribution in [1.82, 2.24) is 79.0 Å². The average molecular weight is 1450 g/mol. The highest BCUT2D eigenvalue weighted by atomic mass is 32.7. The fourth-order valence-electron chi connectivity index (χ4n) is 10.4. The molecule has 6 saturated heterocycles. The van der Waals surface area contributed by atoms with Crippen LogP contribution in [0.2, 0.25) is 0 Å². The number of H-pyrrole nitrogens is 2. The molecule has 8 aromatic rings. The molecule has 4 unspecified atom stereocenters. The first kappa shape index (κ1) is 64.2. The number of nitrogens with zero attached hydrogens (tertiary/aromatic N) is 14. The minimum Gasteiger partial charge on any atom is -0.397 e. The molecular formula is C40H44F4N20O16P4S6. The number of hydrogen-bond acceptors (Lipinski definition) is 32. The Kier molecular flexibility index (Phi) is 17.3. The number of nitrogens with one attached hydrogen (secondary N) is 2. The van der Waals surface area contributed by atoms with Crippen LogP contribution in [0.4, 0.5) is 40.8 Å².